The third-order valence-electron chi connectivity index (χ3n) is 3.52. The van der Waals surface area contributed by atoms with Crippen LogP contribution < -0.4 is 5.32 Å². The van der Waals surface area contributed by atoms with Crippen molar-refractivity contribution >= 4 is 5.97 Å². The van der Waals surface area contributed by atoms with E-state index in [1.807, 2.05) is 0 Å². The van der Waals surface area contributed by atoms with Gasteiger partial charge in [-0.1, -0.05) is 0 Å². The van der Waals surface area contributed by atoms with Gasteiger partial charge in [0, 0.05) is 31.7 Å². The molecule has 5 heteroatoms. The molecule has 0 radical (unpaired) electrons. The van der Waals surface area contributed by atoms with Crippen LogP contribution in [0.25, 0.3) is 0 Å². The average Bonchev–Trinajstić information content (AvgIpc) is 2.21. The second kappa shape index (κ2) is 5.61. The van der Waals surface area contributed by atoms with E-state index in [9.17, 15) is 4.79 Å². The van der Waals surface area contributed by atoms with Crippen molar-refractivity contribution in [2.75, 3.05) is 33.7 Å². The number of carboxylic acid groups (broad SMARTS) is 1. The second-order valence-electron chi connectivity index (χ2n) is 4.76. The quantitative estimate of drug-likeness (QED) is 0.692. The molecule has 0 aliphatic carbocycles. The Morgan fingerprint density at radius 1 is 1.44 bits per heavy atom. The van der Waals surface area contributed by atoms with Gasteiger partial charge in [-0.3, -0.25) is 14.6 Å². The molecule has 1 heterocycles. The van der Waals surface area contributed by atoms with Crippen molar-refractivity contribution in [3.8, 4) is 0 Å². The van der Waals surface area contributed by atoms with Crippen LogP contribution in [0.15, 0.2) is 0 Å². The van der Waals surface area contributed by atoms with Crippen LogP contribution in [0.4, 0.5) is 0 Å². The minimum atomic E-state index is -0.776. The van der Waals surface area contributed by atoms with Crippen molar-refractivity contribution in [3.63, 3.8) is 0 Å². The fourth-order valence-corrected chi connectivity index (χ4v) is 2.21. The molecule has 3 atom stereocenters. The summed E-state index contributed by atoms with van der Waals surface area (Å²) < 4.78 is 0. The van der Waals surface area contributed by atoms with Gasteiger partial charge in [-0.15, -0.1) is 0 Å². The van der Waals surface area contributed by atoms with Gasteiger partial charge in [-0.25, -0.2) is 0 Å². The molecule has 16 heavy (non-hydrogen) atoms. The molecule has 1 aliphatic rings. The average molecular weight is 229 g/mol. The first-order valence-corrected chi connectivity index (χ1v) is 5.80. The summed E-state index contributed by atoms with van der Waals surface area (Å²) in [6.45, 7) is 6.81. The lowest BCUT2D eigenvalue weighted by atomic mass is 10.1. The maximum absolute atomic E-state index is 10.9. The molecular formula is C11H23N3O2. The van der Waals surface area contributed by atoms with Gasteiger partial charge in [0.2, 0.25) is 0 Å². The molecule has 1 fully saturated rings. The molecule has 0 amide bonds. The molecule has 0 bridgehead atoms. The zero-order chi connectivity index (χ0) is 12.3. The summed E-state index contributed by atoms with van der Waals surface area (Å²) in [5.74, 6) is -0.776. The number of likely N-dealkylation sites (N-methyl/N-ethyl adjacent to an activating group) is 2. The molecule has 3 unspecified atom stereocenters. The first-order chi connectivity index (χ1) is 7.45. The molecule has 94 valence electrons. The van der Waals surface area contributed by atoms with Crippen LogP contribution in [0.1, 0.15) is 13.8 Å². The Morgan fingerprint density at radius 2 is 1.94 bits per heavy atom. The minimum absolute atomic E-state index is 0.470. The summed E-state index contributed by atoms with van der Waals surface area (Å²) in [5, 5.41) is 11.8. The fraction of sp³-hybridized carbons (Fsp3) is 0.909. The summed E-state index contributed by atoms with van der Waals surface area (Å²) >= 11 is 0. The summed E-state index contributed by atoms with van der Waals surface area (Å²) in [4.78, 5) is 15.5. The SMILES string of the molecule is CNC(CN1CC(C)N(C)C(C)C1)C(=O)O. The van der Waals surface area contributed by atoms with Gasteiger partial charge < -0.3 is 10.4 Å². The number of aliphatic carboxylic acids is 1. The maximum atomic E-state index is 10.9. The van der Waals surface area contributed by atoms with E-state index in [0.29, 0.717) is 18.6 Å². The van der Waals surface area contributed by atoms with Gasteiger partial charge in [0.05, 0.1) is 0 Å². The number of carbonyl (C=O) groups is 1. The summed E-state index contributed by atoms with van der Waals surface area (Å²) in [5.41, 5.74) is 0. The van der Waals surface area contributed by atoms with E-state index in [4.69, 9.17) is 5.11 Å². The lowest BCUT2D eigenvalue weighted by molar-refractivity contribution is -0.140. The second-order valence-corrected chi connectivity index (χ2v) is 4.76. The number of nitrogens with one attached hydrogen (secondary N) is 1. The Morgan fingerprint density at radius 3 is 2.31 bits per heavy atom. The first kappa shape index (κ1) is 13.4. The third kappa shape index (κ3) is 3.17. The zero-order valence-electron chi connectivity index (χ0n) is 10.6. The van der Waals surface area contributed by atoms with E-state index in [-0.39, 0.29) is 0 Å². The Kier molecular flexibility index (Phi) is 4.70. The van der Waals surface area contributed by atoms with Crippen molar-refractivity contribution in [2.45, 2.75) is 32.0 Å². The molecule has 0 aromatic heterocycles. The number of carboxylic acids is 1. The molecular weight excluding hydrogens is 206 g/mol. The third-order valence-corrected chi connectivity index (χ3v) is 3.52. The predicted molar refractivity (Wildman–Crippen MR) is 63.6 cm³/mol. The Labute approximate surface area is 97.4 Å². The lowest BCUT2D eigenvalue weighted by Crippen LogP contribution is -2.57. The predicted octanol–water partition coefficient (Wildman–Crippen LogP) is -0.317. The van der Waals surface area contributed by atoms with Crippen molar-refractivity contribution in [3.05, 3.63) is 0 Å². The largest absolute Gasteiger partial charge is 0.480 e. The van der Waals surface area contributed by atoms with E-state index in [1.165, 1.54) is 0 Å². The summed E-state index contributed by atoms with van der Waals surface area (Å²) in [6.07, 6.45) is 0. The van der Waals surface area contributed by atoms with Crippen molar-refractivity contribution in [1.29, 1.82) is 0 Å². The van der Waals surface area contributed by atoms with Crippen molar-refractivity contribution in [2.24, 2.45) is 0 Å². The Bertz CT molecular complexity index is 235. The van der Waals surface area contributed by atoms with Crippen LogP contribution in [0.2, 0.25) is 0 Å². The van der Waals surface area contributed by atoms with Gasteiger partial charge in [-0.2, -0.15) is 0 Å². The van der Waals surface area contributed by atoms with Gasteiger partial charge in [0.25, 0.3) is 0 Å². The number of piperazine rings is 1. The highest BCUT2D eigenvalue weighted by molar-refractivity contribution is 5.73. The van der Waals surface area contributed by atoms with Crippen LogP contribution >= 0.6 is 0 Å². The van der Waals surface area contributed by atoms with Crippen LogP contribution in [-0.2, 0) is 4.79 Å². The Balaban J connectivity index is 2.52. The molecule has 0 saturated carbocycles. The molecule has 1 rings (SSSR count). The zero-order valence-corrected chi connectivity index (χ0v) is 10.6. The van der Waals surface area contributed by atoms with Crippen molar-refractivity contribution < 1.29 is 9.90 Å². The number of nitrogens with zero attached hydrogens (tertiary/aromatic N) is 2. The molecule has 0 aromatic rings. The summed E-state index contributed by atoms with van der Waals surface area (Å²) in [7, 11) is 3.82. The first-order valence-electron chi connectivity index (χ1n) is 5.80. The monoisotopic (exact) mass is 229 g/mol. The van der Waals surface area contributed by atoms with E-state index in [0.717, 1.165) is 13.1 Å². The van der Waals surface area contributed by atoms with Gasteiger partial charge >= 0.3 is 5.97 Å². The molecule has 0 spiro atoms. The van der Waals surface area contributed by atoms with Gasteiger partial charge in [0.15, 0.2) is 0 Å². The van der Waals surface area contributed by atoms with Gasteiger partial charge in [-0.05, 0) is 27.9 Å². The van der Waals surface area contributed by atoms with Gasteiger partial charge in [0.1, 0.15) is 6.04 Å². The number of hydrogen-bond donors (Lipinski definition) is 2. The van der Waals surface area contributed by atoms with Crippen LogP contribution in [0, 0.1) is 0 Å². The number of rotatable bonds is 4. The topological polar surface area (TPSA) is 55.8 Å². The highest BCUT2D eigenvalue weighted by Gasteiger charge is 2.29. The fourth-order valence-electron chi connectivity index (χ4n) is 2.21. The van der Waals surface area contributed by atoms with E-state index < -0.39 is 12.0 Å². The van der Waals surface area contributed by atoms with Crippen LogP contribution in [0.5, 0.6) is 0 Å². The molecule has 5 nitrogen and oxygen atoms in total. The van der Waals surface area contributed by atoms with Crippen LogP contribution in [-0.4, -0.2) is 72.7 Å². The maximum Gasteiger partial charge on any atom is 0.322 e. The molecule has 1 saturated heterocycles. The highest BCUT2D eigenvalue weighted by Crippen LogP contribution is 2.13. The highest BCUT2D eigenvalue weighted by atomic mass is 16.4. The smallest absolute Gasteiger partial charge is 0.322 e. The molecule has 0 aromatic carbocycles. The van der Waals surface area contributed by atoms with Crippen molar-refractivity contribution in [1.82, 2.24) is 15.1 Å². The summed E-state index contributed by atoms with van der Waals surface area (Å²) in [6, 6.07) is 0.493. The number of hydrogen-bond acceptors (Lipinski definition) is 4. The van der Waals surface area contributed by atoms with E-state index in [1.54, 1.807) is 7.05 Å². The molecule has 1 aliphatic heterocycles. The normalized spacial score (nSPS) is 30.2. The molecule has 2 N–H and O–H groups in total. The van der Waals surface area contributed by atoms with E-state index >= 15 is 0 Å². The van der Waals surface area contributed by atoms with E-state index in [2.05, 4.69) is 36.0 Å². The van der Waals surface area contributed by atoms with Crippen LogP contribution in [0.3, 0.4) is 0 Å². The minimum Gasteiger partial charge on any atom is -0.480 e. The standard InChI is InChI=1S/C11H23N3O2/c1-8-5-14(6-9(2)13(8)4)7-10(12-3)11(15)16/h8-10,12H,5-7H2,1-4H3,(H,15,16). The lowest BCUT2D eigenvalue weighted by Gasteiger charge is -2.43. The Hall–Kier alpha value is -0.650.